The average molecular weight is 459 g/mol. The van der Waals surface area contributed by atoms with Gasteiger partial charge >= 0.3 is 5.97 Å². The van der Waals surface area contributed by atoms with E-state index < -0.39 is 22.1 Å². The SMILES string of the molecule is CC(OC(=O)c1cccc(S(=O)(=O)N(C)c2ccccc2)c1)C(=O)NC1CCCCC1C. The maximum absolute atomic E-state index is 13.0. The summed E-state index contributed by atoms with van der Waals surface area (Å²) >= 11 is 0. The molecule has 8 heteroatoms. The van der Waals surface area contributed by atoms with Crippen molar-refractivity contribution >= 4 is 27.6 Å². The Labute approximate surface area is 189 Å². The molecular weight excluding hydrogens is 428 g/mol. The zero-order valence-electron chi connectivity index (χ0n) is 18.7. The number of anilines is 1. The number of nitrogens with zero attached hydrogens (tertiary/aromatic N) is 1. The molecule has 3 unspecified atom stereocenters. The van der Waals surface area contributed by atoms with Gasteiger partial charge in [-0.3, -0.25) is 9.10 Å². The van der Waals surface area contributed by atoms with E-state index in [1.807, 2.05) is 0 Å². The molecule has 2 aromatic carbocycles. The lowest BCUT2D eigenvalue weighted by atomic mass is 9.86. The van der Waals surface area contributed by atoms with Crippen LogP contribution in [0.3, 0.4) is 0 Å². The van der Waals surface area contributed by atoms with Gasteiger partial charge in [0.1, 0.15) is 0 Å². The van der Waals surface area contributed by atoms with E-state index in [4.69, 9.17) is 4.74 Å². The topological polar surface area (TPSA) is 92.8 Å². The first-order valence-electron chi connectivity index (χ1n) is 10.9. The van der Waals surface area contributed by atoms with Crippen molar-refractivity contribution in [2.75, 3.05) is 11.4 Å². The normalized spacial score (nSPS) is 19.6. The average Bonchev–Trinajstić information content (AvgIpc) is 2.80. The van der Waals surface area contributed by atoms with E-state index in [-0.39, 0.29) is 22.4 Å². The fourth-order valence-corrected chi connectivity index (χ4v) is 5.07. The minimum Gasteiger partial charge on any atom is -0.449 e. The monoisotopic (exact) mass is 458 g/mol. The summed E-state index contributed by atoms with van der Waals surface area (Å²) in [5.74, 6) is -0.701. The first-order valence-corrected chi connectivity index (χ1v) is 12.3. The summed E-state index contributed by atoms with van der Waals surface area (Å²) in [6.45, 7) is 3.63. The molecule has 7 nitrogen and oxygen atoms in total. The second-order valence-corrected chi connectivity index (χ2v) is 10.2. The van der Waals surface area contributed by atoms with Crippen LogP contribution in [0.5, 0.6) is 0 Å². The van der Waals surface area contributed by atoms with Crippen LogP contribution in [0.1, 0.15) is 49.9 Å². The predicted molar refractivity (Wildman–Crippen MR) is 123 cm³/mol. The Balaban J connectivity index is 1.69. The van der Waals surface area contributed by atoms with Gasteiger partial charge in [-0.1, -0.05) is 44.0 Å². The Hall–Kier alpha value is -2.87. The number of carbonyl (C=O) groups is 2. The molecule has 0 spiro atoms. The first kappa shape index (κ1) is 23.8. The highest BCUT2D eigenvalue weighted by atomic mass is 32.2. The Morgan fingerprint density at radius 3 is 2.44 bits per heavy atom. The predicted octanol–water partition coefficient (Wildman–Crippen LogP) is 3.75. The molecule has 3 atom stereocenters. The number of ether oxygens (including phenoxy) is 1. The third-order valence-corrected chi connectivity index (χ3v) is 7.72. The van der Waals surface area contributed by atoms with E-state index in [1.165, 1.54) is 38.2 Å². The van der Waals surface area contributed by atoms with Gasteiger partial charge in [-0.15, -0.1) is 0 Å². The Morgan fingerprint density at radius 1 is 1.06 bits per heavy atom. The van der Waals surface area contributed by atoms with E-state index in [2.05, 4.69) is 12.2 Å². The molecule has 0 heterocycles. The van der Waals surface area contributed by atoms with Gasteiger partial charge in [-0.2, -0.15) is 0 Å². The summed E-state index contributed by atoms with van der Waals surface area (Å²) < 4.78 is 32.5. The van der Waals surface area contributed by atoms with Gasteiger partial charge in [-0.25, -0.2) is 13.2 Å². The van der Waals surface area contributed by atoms with E-state index in [1.54, 1.807) is 30.3 Å². The van der Waals surface area contributed by atoms with Gasteiger partial charge in [0, 0.05) is 13.1 Å². The van der Waals surface area contributed by atoms with E-state index >= 15 is 0 Å². The van der Waals surface area contributed by atoms with Gasteiger partial charge in [0.15, 0.2) is 6.10 Å². The van der Waals surface area contributed by atoms with Crippen LogP contribution >= 0.6 is 0 Å². The molecule has 32 heavy (non-hydrogen) atoms. The molecule has 1 fully saturated rings. The maximum atomic E-state index is 13.0. The minimum atomic E-state index is -3.87. The molecule has 1 aliphatic rings. The summed E-state index contributed by atoms with van der Waals surface area (Å²) in [5, 5.41) is 2.98. The van der Waals surface area contributed by atoms with Crippen LogP contribution in [0.4, 0.5) is 5.69 Å². The number of amides is 1. The van der Waals surface area contributed by atoms with Crippen molar-refractivity contribution in [3.8, 4) is 0 Å². The zero-order valence-corrected chi connectivity index (χ0v) is 19.5. The molecule has 1 N–H and O–H groups in total. The van der Waals surface area contributed by atoms with Gasteiger partial charge in [-0.05, 0) is 56.0 Å². The fourth-order valence-electron chi connectivity index (χ4n) is 3.83. The standard InChI is InChI=1S/C24H30N2O5S/c1-17-10-7-8-15-22(17)25-23(27)18(2)31-24(28)19-11-9-14-21(16-19)32(29,30)26(3)20-12-5-4-6-13-20/h4-6,9,11-14,16-18,22H,7-8,10,15H2,1-3H3,(H,25,27). The molecule has 0 bridgehead atoms. The van der Waals surface area contributed by atoms with Crippen LogP contribution in [0, 0.1) is 5.92 Å². The van der Waals surface area contributed by atoms with Gasteiger partial charge in [0.05, 0.1) is 16.1 Å². The van der Waals surface area contributed by atoms with Crippen molar-refractivity contribution in [1.29, 1.82) is 0 Å². The third kappa shape index (κ3) is 5.48. The molecule has 172 valence electrons. The molecule has 1 saturated carbocycles. The quantitative estimate of drug-likeness (QED) is 0.638. The molecule has 1 aliphatic carbocycles. The minimum absolute atomic E-state index is 0.0357. The van der Waals surface area contributed by atoms with Crippen LogP contribution < -0.4 is 9.62 Å². The van der Waals surface area contributed by atoms with Crippen LogP contribution in [-0.2, 0) is 19.6 Å². The molecule has 0 saturated heterocycles. The van der Waals surface area contributed by atoms with Crippen molar-refractivity contribution in [1.82, 2.24) is 5.32 Å². The van der Waals surface area contributed by atoms with E-state index in [0.29, 0.717) is 11.6 Å². The largest absolute Gasteiger partial charge is 0.449 e. The van der Waals surface area contributed by atoms with Crippen molar-refractivity contribution in [2.24, 2.45) is 5.92 Å². The van der Waals surface area contributed by atoms with Crippen molar-refractivity contribution in [3.05, 3.63) is 60.2 Å². The second-order valence-electron chi connectivity index (χ2n) is 8.26. The molecule has 1 amide bonds. The highest BCUT2D eigenvalue weighted by Crippen LogP contribution is 2.24. The molecular formula is C24H30N2O5S. The van der Waals surface area contributed by atoms with Gasteiger partial charge in [0.25, 0.3) is 15.9 Å². The van der Waals surface area contributed by atoms with Crippen LogP contribution in [0.25, 0.3) is 0 Å². The molecule has 3 rings (SSSR count). The number of hydrogen-bond acceptors (Lipinski definition) is 5. The molecule has 0 aromatic heterocycles. The Morgan fingerprint density at radius 2 is 1.75 bits per heavy atom. The Kier molecular flexibility index (Phi) is 7.56. The summed E-state index contributed by atoms with van der Waals surface area (Å²) in [5.41, 5.74) is 0.570. The number of benzene rings is 2. The van der Waals surface area contributed by atoms with Crippen molar-refractivity contribution in [3.63, 3.8) is 0 Å². The summed E-state index contributed by atoms with van der Waals surface area (Å²) in [7, 11) is -2.42. The summed E-state index contributed by atoms with van der Waals surface area (Å²) in [6, 6.07) is 14.4. The molecule has 2 aromatic rings. The number of carbonyl (C=O) groups excluding carboxylic acids is 2. The number of para-hydroxylation sites is 1. The lowest BCUT2D eigenvalue weighted by Crippen LogP contribution is -2.46. The number of sulfonamides is 1. The van der Waals surface area contributed by atoms with Crippen LogP contribution in [0.2, 0.25) is 0 Å². The summed E-state index contributed by atoms with van der Waals surface area (Å²) in [4.78, 5) is 25.1. The number of nitrogens with one attached hydrogen (secondary N) is 1. The summed E-state index contributed by atoms with van der Waals surface area (Å²) in [6.07, 6.45) is 3.24. The maximum Gasteiger partial charge on any atom is 0.338 e. The first-order chi connectivity index (χ1) is 15.2. The molecule has 0 radical (unpaired) electrons. The van der Waals surface area contributed by atoms with Crippen LogP contribution in [-0.4, -0.2) is 39.5 Å². The smallest absolute Gasteiger partial charge is 0.338 e. The highest BCUT2D eigenvalue weighted by molar-refractivity contribution is 7.92. The van der Waals surface area contributed by atoms with E-state index in [0.717, 1.165) is 30.0 Å². The van der Waals surface area contributed by atoms with Crippen LogP contribution in [0.15, 0.2) is 59.5 Å². The lowest BCUT2D eigenvalue weighted by Gasteiger charge is -2.30. The highest BCUT2D eigenvalue weighted by Gasteiger charge is 2.27. The Bertz CT molecular complexity index is 1060. The fraction of sp³-hybridized carbons (Fsp3) is 0.417. The third-order valence-electron chi connectivity index (χ3n) is 5.94. The van der Waals surface area contributed by atoms with Gasteiger partial charge < -0.3 is 10.1 Å². The second kappa shape index (κ2) is 10.2. The lowest BCUT2D eigenvalue weighted by molar-refractivity contribution is -0.130. The van der Waals surface area contributed by atoms with E-state index in [9.17, 15) is 18.0 Å². The van der Waals surface area contributed by atoms with Gasteiger partial charge in [0.2, 0.25) is 0 Å². The zero-order chi connectivity index (χ0) is 23.3. The number of hydrogen-bond donors (Lipinski definition) is 1. The number of esters is 1. The molecule has 0 aliphatic heterocycles. The van der Waals surface area contributed by atoms with Crippen molar-refractivity contribution in [2.45, 2.75) is 56.6 Å². The number of rotatable bonds is 7. The van der Waals surface area contributed by atoms with Crippen molar-refractivity contribution < 1.29 is 22.7 Å².